The van der Waals surface area contributed by atoms with Crippen LogP contribution in [0.3, 0.4) is 0 Å². The maximum atomic E-state index is 12.5. The molecule has 1 aromatic rings. The number of carbonyl (C=O) groups is 3. The van der Waals surface area contributed by atoms with Gasteiger partial charge in [-0.1, -0.05) is 13.8 Å². The van der Waals surface area contributed by atoms with Crippen LogP contribution in [0.2, 0.25) is 0 Å². The van der Waals surface area contributed by atoms with Crippen molar-refractivity contribution in [2.24, 2.45) is 11.3 Å². The zero-order valence-electron chi connectivity index (χ0n) is 12.3. The van der Waals surface area contributed by atoms with E-state index in [1.165, 1.54) is 23.2 Å². The van der Waals surface area contributed by atoms with Crippen LogP contribution in [-0.4, -0.2) is 32.8 Å². The molecular formula is C15H18N2O4. The van der Waals surface area contributed by atoms with Gasteiger partial charge in [-0.3, -0.25) is 19.5 Å². The molecule has 2 amide bonds. The fourth-order valence-electron chi connectivity index (χ4n) is 2.38. The van der Waals surface area contributed by atoms with E-state index in [1.807, 2.05) is 13.8 Å². The molecule has 1 saturated heterocycles. The quantitative estimate of drug-likeness (QED) is 0.853. The Bertz CT molecular complexity index is 611. The molecule has 1 aliphatic heterocycles. The van der Waals surface area contributed by atoms with Crippen LogP contribution in [0.15, 0.2) is 18.3 Å². The van der Waals surface area contributed by atoms with Crippen molar-refractivity contribution in [2.45, 2.75) is 33.7 Å². The van der Waals surface area contributed by atoms with E-state index < -0.39 is 11.4 Å². The topological polar surface area (TPSA) is 87.6 Å². The van der Waals surface area contributed by atoms with Crippen molar-refractivity contribution in [1.82, 2.24) is 9.88 Å². The number of amides is 2. The molecule has 1 N–H and O–H groups in total. The van der Waals surface area contributed by atoms with Crippen LogP contribution in [0.4, 0.5) is 0 Å². The van der Waals surface area contributed by atoms with Crippen LogP contribution in [0.1, 0.15) is 43.2 Å². The zero-order chi connectivity index (χ0) is 15.8. The predicted octanol–water partition coefficient (Wildman–Crippen LogP) is 1.70. The predicted molar refractivity (Wildman–Crippen MR) is 74.3 cm³/mol. The molecule has 1 atom stereocenters. The first-order valence-electron chi connectivity index (χ1n) is 6.78. The minimum absolute atomic E-state index is 0.0150. The lowest BCUT2D eigenvalue weighted by molar-refractivity contribution is -0.142. The van der Waals surface area contributed by atoms with Gasteiger partial charge >= 0.3 is 5.97 Å². The van der Waals surface area contributed by atoms with Gasteiger partial charge in [0.25, 0.3) is 0 Å². The summed E-state index contributed by atoms with van der Waals surface area (Å²) in [7, 11) is 0. The summed E-state index contributed by atoms with van der Waals surface area (Å²) in [6.45, 7) is 5.63. The molecule has 0 spiro atoms. The summed E-state index contributed by atoms with van der Waals surface area (Å²) in [5.74, 6) is -1.47. The van der Waals surface area contributed by atoms with Gasteiger partial charge < -0.3 is 5.11 Å². The number of carboxylic acid groups (broad SMARTS) is 1. The molecule has 0 aliphatic carbocycles. The largest absolute Gasteiger partial charge is 0.478 e. The number of nitrogens with zero attached hydrogens (tertiary/aromatic N) is 2. The first-order valence-corrected chi connectivity index (χ1v) is 6.78. The molecule has 112 valence electrons. The molecule has 2 rings (SSSR count). The summed E-state index contributed by atoms with van der Waals surface area (Å²) in [5, 5.41) is 8.95. The van der Waals surface area contributed by atoms with Crippen LogP contribution in [0.25, 0.3) is 0 Å². The number of carbonyl (C=O) groups excluding carboxylic acids is 2. The number of carboxylic acids is 1. The van der Waals surface area contributed by atoms with Gasteiger partial charge in [-0.15, -0.1) is 0 Å². The van der Waals surface area contributed by atoms with E-state index in [1.54, 1.807) is 6.92 Å². The summed E-state index contributed by atoms with van der Waals surface area (Å²) in [5.41, 5.74) is -0.211. The number of pyridine rings is 1. The molecule has 21 heavy (non-hydrogen) atoms. The lowest BCUT2D eigenvalue weighted by Crippen LogP contribution is -2.36. The van der Waals surface area contributed by atoms with Crippen LogP contribution in [-0.2, 0) is 16.1 Å². The maximum Gasteiger partial charge on any atom is 0.335 e. The summed E-state index contributed by atoms with van der Waals surface area (Å²) < 4.78 is 0. The SMILES string of the molecule is CC(C)C1(C)CC(=O)N(Cc2cc(C(=O)O)ccn2)C1=O. The Morgan fingerprint density at radius 2 is 2.14 bits per heavy atom. The molecule has 0 saturated carbocycles. The Labute approximate surface area is 122 Å². The number of hydrogen-bond donors (Lipinski definition) is 1. The molecule has 0 aromatic carbocycles. The number of likely N-dealkylation sites (tertiary alicyclic amines) is 1. The average molecular weight is 290 g/mol. The second-order valence-electron chi connectivity index (χ2n) is 5.87. The Hall–Kier alpha value is -2.24. The highest BCUT2D eigenvalue weighted by atomic mass is 16.4. The van der Waals surface area contributed by atoms with Gasteiger partial charge in [0.15, 0.2) is 0 Å². The van der Waals surface area contributed by atoms with Crippen LogP contribution >= 0.6 is 0 Å². The Balaban J connectivity index is 2.24. The lowest BCUT2D eigenvalue weighted by Gasteiger charge is -2.25. The third-order valence-corrected chi connectivity index (χ3v) is 4.21. The van der Waals surface area contributed by atoms with Crippen molar-refractivity contribution in [3.05, 3.63) is 29.6 Å². The Morgan fingerprint density at radius 3 is 2.67 bits per heavy atom. The molecule has 1 unspecified atom stereocenters. The minimum atomic E-state index is -1.07. The smallest absolute Gasteiger partial charge is 0.335 e. The van der Waals surface area contributed by atoms with Crippen molar-refractivity contribution < 1.29 is 19.5 Å². The number of aromatic nitrogens is 1. The minimum Gasteiger partial charge on any atom is -0.478 e. The van der Waals surface area contributed by atoms with Gasteiger partial charge in [0.1, 0.15) is 0 Å². The molecule has 1 aliphatic rings. The second kappa shape index (κ2) is 5.27. The highest BCUT2D eigenvalue weighted by molar-refractivity contribution is 6.05. The van der Waals surface area contributed by atoms with E-state index in [0.29, 0.717) is 5.69 Å². The number of imide groups is 1. The summed E-state index contributed by atoms with van der Waals surface area (Å²) in [6.07, 6.45) is 1.55. The normalized spacial score (nSPS) is 22.2. The van der Waals surface area contributed by atoms with Crippen LogP contribution in [0, 0.1) is 11.3 Å². The van der Waals surface area contributed by atoms with E-state index in [0.717, 1.165) is 0 Å². The first kappa shape index (κ1) is 15.2. The summed E-state index contributed by atoms with van der Waals surface area (Å²) in [6, 6.07) is 2.76. The number of aromatic carboxylic acids is 1. The average Bonchev–Trinajstić information content (AvgIpc) is 2.64. The van der Waals surface area contributed by atoms with Gasteiger partial charge in [0.05, 0.1) is 23.2 Å². The fourth-order valence-corrected chi connectivity index (χ4v) is 2.38. The lowest BCUT2D eigenvalue weighted by atomic mass is 9.78. The molecule has 6 heteroatoms. The van der Waals surface area contributed by atoms with E-state index in [9.17, 15) is 14.4 Å². The van der Waals surface area contributed by atoms with Crippen molar-refractivity contribution in [1.29, 1.82) is 0 Å². The van der Waals surface area contributed by atoms with E-state index >= 15 is 0 Å². The molecule has 1 aromatic heterocycles. The van der Waals surface area contributed by atoms with Gasteiger partial charge in [-0.25, -0.2) is 4.79 Å². The molecule has 0 bridgehead atoms. The molecule has 6 nitrogen and oxygen atoms in total. The fraction of sp³-hybridized carbons (Fsp3) is 0.467. The standard InChI is InChI=1S/C15H18N2O4/c1-9(2)15(3)7-12(18)17(14(15)21)8-11-6-10(13(19)20)4-5-16-11/h4-6,9H,7-8H2,1-3H3,(H,19,20). The maximum absolute atomic E-state index is 12.5. The van der Waals surface area contributed by atoms with Crippen molar-refractivity contribution in [2.75, 3.05) is 0 Å². The number of rotatable bonds is 4. The number of hydrogen-bond acceptors (Lipinski definition) is 4. The van der Waals surface area contributed by atoms with Crippen molar-refractivity contribution in [3.8, 4) is 0 Å². The third kappa shape index (κ3) is 2.66. The zero-order valence-corrected chi connectivity index (χ0v) is 12.3. The van der Waals surface area contributed by atoms with Crippen LogP contribution in [0.5, 0.6) is 0 Å². The highest BCUT2D eigenvalue weighted by Gasteiger charge is 2.49. The Kier molecular flexibility index (Phi) is 3.80. The van der Waals surface area contributed by atoms with Gasteiger partial charge in [0.2, 0.25) is 11.8 Å². The highest BCUT2D eigenvalue weighted by Crippen LogP contribution is 2.39. The molecule has 1 fully saturated rings. The molecule has 0 radical (unpaired) electrons. The van der Waals surface area contributed by atoms with Gasteiger partial charge in [-0.2, -0.15) is 0 Å². The first-order chi connectivity index (χ1) is 9.75. The monoisotopic (exact) mass is 290 g/mol. The third-order valence-electron chi connectivity index (χ3n) is 4.21. The van der Waals surface area contributed by atoms with Gasteiger partial charge in [0, 0.05) is 12.6 Å². The molecule has 2 heterocycles. The summed E-state index contributed by atoms with van der Waals surface area (Å²) in [4.78, 5) is 40.7. The van der Waals surface area contributed by atoms with Crippen molar-refractivity contribution in [3.63, 3.8) is 0 Å². The van der Waals surface area contributed by atoms with Gasteiger partial charge in [-0.05, 0) is 25.0 Å². The molecular weight excluding hydrogens is 272 g/mol. The summed E-state index contributed by atoms with van der Waals surface area (Å²) >= 11 is 0. The van der Waals surface area contributed by atoms with Crippen molar-refractivity contribution >= 4 is 17.8 Å². The van der Waals surface area contributed by atoms with E-state index in [2.05, 4.69) is 4.98 Å². The second-order valence-corrected chi connectivity index (χ2v) is 5.87. The van der Waals surface area contributed by atoms with E-state index in [-0.39, 0.29) is 36.3 Å². The van der Waals surface area contributed by atoms with E-state index in [4.69, 9.17) is 5.11 Å². The Morgan fingerprint density at radius 1 is 1.48 bits per heavy atom. The van der Waals surface area contributed by atoms with Crippen LogP contribution < -0.4 is 0 Å².